The van der Waals surface area contributed by atoms with Gasteiger partial charge in [-0.05, 0) is 37.4 Å². The van der Waals surface area contributed by atoms with Gasteiger partial charge in [0.05, 0.1) is 10.6 Å². The Bertz CT molecular complexity index is 563. The van der Waals surface area contributed by atoms with E-state index >= 15 is 0 Å². The number of hydrogen-bond donors (Lipinski definition) is 1. The minimum Gasteiger partial charge on any atom is -0.370 e. The van der Waals surface area contributed by atoms with Crippen molar-refractivity contribution in [1.29, 1.82) is 0 Å². The zero-order chi connectivity index (χ0) is 14.8. The van der Waals surface area contributed by atoms with E-state index in [1.165, 1.54) is 12.1 Å². The summed E-state index contributed by atoms with van der Waals surface area (Å²) in [5.74, 6) is -3.01. The fourth-order valence-electron chi connectivity index (χ4n) is 2.58. The summed E-state index contributed by atoms with van der Waals surface area (Å²) in [6, 6.07) is 5.95. The van der Waals surface area contributed by atoms with E-state index in [1.54, 1.807) is 12.1 Å². The molecule has 0 amide bonds. The average Bonchev–Trinajstić information content (AvgIpc) is 2.87. The van der Waals surface area contributed by atoms with Crippen LogP contribution in [0.2, 0.25) is 0 Å². The number of benzene rings is 1. The van der Waals surface area contributed by atoms with E-state index < -0.39 is 15.6 Å². The van der Waals surface area contributed by atoms with Gasteiger partial charge < -0.3 is 10.6 Å². The van der Waals surface area contributed by atoms with Gasteiger partial charge >= 0.3 is 5.76 Å². The quantitative estimate of drug-likeness (QED) is 0.902. The molecule has 1 aliphatic rings. The third-order valence-electron chi connectivity index (χ3n) is 3.61. The van der Waals surface area contributed by atoms with Crippen LogP contribution in [-0.2, 0) is 9.84 Å². The number of anilines is 1. The lowest BCUT2D eigenvalue weighted by Gasteiger charge is -2.21. The second kappa shape index (κ2) is 6.05. The third-order valence-corrected chi connectivity index (χ3v) is 5.04. The van der Waals surface area contributed by atoms with Crippen LogP contribution in [0.4, 0.5) is 14.5 Å². The molecule has 1 fully saturated rings. The van der Waals surface area contributed by atoms with Crippen LogP contribution < -0.4 is 10.6 Å². The molecule has 1 aliphatic heterocycles. The number of hydrogen-bond acceptors (Lipinski definition) is 4. The molecule has 0 aromatic heterocycles. The summed E-state index contributed by atoms with van der Waals surface area (Å²) in [4.78, 5) is 1.57. The molecule has 0 bridgehead atoms. The molecule has 1 unspecified atom stereocenters. The van der Waals surface area contributed by atoms with Crippen LogP contribution in [0, 0.1) is 5.92 Å². The highest BCUT2D eigenvalue weighted by molar-refractivity contribution is 7.91. The maximum Gasteiger partial charge on any atom is 0.341 e. The lowest BCUT2D eigenvalue weighted by atomic mass is 10.1. The minimum absolute atomic E-state index is 0.289. The second-order valence-electron chi connectivity index (χ2n) is 4.95. The third kappa shape index (κ3) is 2.93. The Morgan fingerprint density at radius 3 is 2.70 bits per heavy atom. The highest BCUT2D eigenvalue weighted by atomic mass is 32.2. The summed E-state index contributed by atoms with van der Waals surface area (Å²) >= 11 is 0. The molecular weight excluding hydrogens is 286 g/mol. The van der Waals surface area contributed by atoms with Crippen LogP contribution in [-0.4, -0.2) is 33.8 Å². The second-order valence-corrected chi connectivity index (χ2v) is 6.84. The molecular formula is C13H18F2N2O2S. The Labute approximate surface area is 117 Å². The van der Waals surface area contributed by atoms with Crippen molar-refractivity contribution in [3.63, 3.8) is 0 Å². The van der Waals surface area contributed by atoms with Gasteiger partial charge in [-0.3, -0.25) is 0 Å². The number of nitrogens with zero attached hydrogens (tertiary/aromatic N) is 1. The van der Waals surface area contributed by atoms with Gasteiger partial charge in [0.15, 0.2) is 0 Å². The summed E-state index contributed by atoms with van der Waals surface area (Å²) in [7, 11) is -4.57. The van der Waals surface area contributed by atoms with E-state index in [9.17, 15) is 17.2 Å². The van der Waals surface area contributed by atoms with Crippen molar-refractivity contribution in [1.82, 2.24) is 0 Å². The SMILES string of the molecule is NCCC1CCN(c2ccccc2S(=O)(=O)C(F)F)C1. The molecule has 0 aliphatic carbocycles. The topological polar surface area (TPSA) is 63.4 Å². The Hall–Kier alpha value is -1.21. The Morgan fingerprint density at radius 2 is 2.05 bits per heavy atom. The van der Waals surface area contributed by atoms with Crippen LogP contribution >= 0.6 is 0 Å². The predicted molar refractivity (Wildman–Crippen MR) is 73.6 cm³/mol. The molecule has 1 aromatic rings. The molecule has 1 saturated heterocycles. The van der Waals surface area contributed by atoms with Gasteiger partial charge in [-0.25, -0.2) is 8.42 Å². The normalized spacial score (nSPS) is 19.8. The standard InChI is InChI=1S/C13H18F2N2O2S/c14-13(15)20(18,19)12-4-2-1-3-11(12)17-8-6-10(9-17)5-7-16/h1-4,10,13H,5-9,16H2. The van der Waals surface area contributed by atoms with Crippen LogP contribution in [0.5, 0.6) is 0 Å². The molecule has 0 spiro atoms. The number of rotatable bonds is 5. The molecule has 1 atom stereocenters. The first-order valence-corrected chi connectivity index (χ1v) is 8.07. The van der Waals surface area contributed by atoms with Gasteiger partial charge in [-0.2, -0.15) is 8.78 Å². The predicted octanol–water partition coefficient (Wildman–Crippen LogP) is 1.86. The van der Waals surface area contributed by atoms with E-state index in [0.717, 1.165) is 12.8 Å². The van der Waals surface area contributed by atoms with Crippen molar-refractivity contribution in [2.24, 2.45) is 11.7 Å². The number of alkyl halides is 2. The van der Waals surface area contributed by atoms with Crippen molar-refractivity contribution in [3.8, 4) is 0 Å². The zero-order valence-electron chi connectivity index (χ0n) is 11.0. The molecule has 7 heteroatoms. The van der Waals surface area contributed by atoms with E-state index in [0.29, 0.717) is 31.2 Å². The Morgan fingerprint density at radius 1 is 1.35 bits per heavy atom. The van der Waals surface area contributed by atoms with Crippen LogP contribution in [0.15, 0.2) is 29.2 Å². The number of halogens is 2. The zero-order valence-corrected chi connectivity index (χ0v) is 11.8. The van der Waals surface area contributed by atoms with E-state index in [1.807, 2.05) is 4.90 Å². The van der Waals surface area contributed by atoms with E-state index in [2.05, 4.69) is 0 Å². The molecule has 2 N–H and O–H groups in total. The molecule has 112 valence electrons. The number of para-hydroxylation sites is 1. The summed E-state index contributed by atoms with van der Waals surface area (Å²) < 4.78 is 48.9. The maximum absolute atomic E-state index is 12.7. The lowest BCUT2D eigenvalue weighted by Crippen LogP contribution is -2.24. The van der Waals surface area contributed by atoms with Gasteiger partial charge in [0.1, 0.15) is 0 Å². The average molecular weight is 304 g/mol. The van der Waals surface area contributed by atoms with Crippen LogP contribution in [0.25, 0.3) is 0 Å². The molecule has 1 heterocycles. The summed E-state index contributed by atoms with van der Waals surface area (Å²) in [5.41, 5.74) is 5.89. The first kappa shape index (κ1) is 15.2. The summed E-state index contributed by atoms with van der Waals surface area (Å²) in [6.45, 7) is 1.91. The fourth-order valence-corrected chi connectivity index (χ4v) is 3.53. The maximum atomic E-state index is 12.7. The van der Waals surface area contributed by atoms with Crippen molar-refractivity contribution in [2.45, 2.75) is 23.5 Å². The Kier molecular flexibility index (Phi) is 4.59. The molecule has 0 radical (unpaired) electrons. The first-order chi connectivity index (χ1) is 9.46. The highest BCUT2D eigenvalue weighted by Gasteiger charge is 2.32. The van der Waals surface area contributed by atoms with Gasteiger partial charge in [0.25, 0.3) is 0 Å². The van der Waals surface area contributed by atoms with Crippen molar-refractivity contribution >= 4 is 15.5 Å². The molecule has 0 saturated carbocycles. The van der Waals surface area contributed by atoms with Crippen LogP contribution in [0.3, 0.4) is 0 Å². The number of nitrogens with two attached hydrogens (primary N) is 1. The minimum atomic E-state index is -4.57. The van der Waals surface area contributed by atoms with Crippen molar-refractivity contribution in [2.75, 3.05) is 24.5 Å². The molecule has 1 aromatic carbocycles. The first-order valence-electron chi connectivity index (χ1n) is 6.53. The van der Waals surface area contributed by atoms with E-state index in [-0.39, 0.29) is 4.90 Å². The summed E-state index contributed by atoms with van der Waals surface area (Å²) in [6.07, 6.45) is 1.76. The molecule has 4 nitrogen and oxygen atoms in total. The molecule has 20 heavy (non-hydrogen) atoms. The lowest BCUT2D eigenvalue weighted by molar-refractivity contribution is 0.235. The van der Waals surface area contributed by atoms with Gasteiger partial charge in [-0.1, -0.05) is 12.1 Å². The largest absolute Gasteiger partial charge is 0.370 e. The monoisotopic (exact) mass is 304 g/mol. The van der Waals surface area contributed by atoms with E-state index in [4.69, 9.17) is 5.73 Å². The fraction of sp³-hybridized carbons (Fsp3) is 0.538. The van der Waals surface area contributed by atoms with Gasteiger partial charge in [0.2, 0.25) is 9.84 Å². The summed E-state index contributed by atoms with van der Waals surface area (Å²) in [5, 5.41) is 0. The van der Waals surface area contributed by atoms with Crippen molar-refractivity contribution in [3.05, 3.63) is 24.3 Å². The number of sulfone groups is 1. The van der Waals surface area contributed by atoms with Gasteiger partial charge in [-0.15, -0.1) is 0 Å². The highest BCUT2D eigenvalue weighted by Crippen LogP contribution is 2.33. The Balaban J connectivity index is 2.30. The smallest absolute Gasteiger partial charge is 0.341 e. The van der Waals surface area contributed by atoms with Crippen LogP contribution in [0.1, 0.15) is 12.8 Å². The molecule has 2 rings (SSSR count). The van der Waals surface area contributed by atoms with Crippen molar-refractivity contribution < 1.29 is 17.2 Å². The van der Waals surface area contributed by atoms with Gasteiger partial charge in [0, 0.05) is 13.1 Å².